The Labute approximate surface area is 112 Å². The molecule has 108 valence electrons. The molecule has 2 aromatic rings. The van der Waals surface area contributed by atoms with Crippen molar-refractivity contribution in [3.8, 4) is 5.75 Å². The smallest absolute Gasteiger partial charge is 0.417 e. The summed E-state index contributed by atoms with van der Waals surface area (Å²) in [6.45, 7) is 1.76. The summed E-state index contributed by atoms with van der Waals surface area (Å²) < 4.78 is 48.6. The topological polar surface area (TPSA) is 51.3 Å². The Bertz CT molecular complexity index is 646. The van der Waals surface area contributed by atoms with E-state index in [1.165, 1.54) is 13.2 Å². The van der Waals surface area contributed by atoms with Crippen LogP contribution in [0.1, 0.15) is 23.0 Å². The van der Waals surface area contributed by atoms with Crippen LogP contribution in [0.4, 0.5) is 13.2 Å². The van der Waals surface area contributed by atoms with Gasteiger partial charge in [0.2, 0.25) is 0 Å². The van der Waals surface area contributed by atoms with Crippen molar-refractivity contribution in [1.29, 1.82) is 0 Å². The van der Waals surface area contributed by atoms with Gasteiger partial charge in [-0.3, -0.25) is 0 Å². The summed E-state index contributed by atoms with van der Waals surface area (Å²) >= 11 is 0. The fourth-order valence-corrected chi connectivity index (χ4v) is 1.88. The van der Waals surface area contributed by atoms with Crippen LogP contribution >= 0.6 is 0 Å². The SMILES string of the molecule is CCOC(=O)c1cc2c(C(F)(F)F)cc(OC)cc2[nH]1. The normalized spacial score (nSPS) is 11.7. The summed E-state index contributed by atoms with van der Waals surface area (Å²) in [6, 6.07) is 3.42. The highest BCUT2D eigenvalue weighted by Gasteiger charge is 2.34. The number of fused-ring (bicyclic) bond motifs is 1. The third kappa shape index (κ3) is 2.56. The maximum absolute atomic E-state index is 13.0. The number of aromatic nitrogens is 1. The molecule has 0 unspecified atom stereocenters. The maximum atomic E-state index is 13.0. The standard InChI is InChI=1S/C13H12F3NO3/c1-3-20-12(18)11-6-8-9(13(14,15)16)4-7(19-2)5-10(8)17-11/h4-6,17H,3H2,1-2H3. The lowest BCUT2D eigenvalue weighted by Gasteiger charge is -2.10. The van der Waals surface area contributed by atoms with Gasteiger partial charge in [-0.2, -0.15) is 13.2 Å². The number of nitrogens with one attached hydrogen (secondary N) is 1. The molecule has 4 nitrogen and oxygen atoms in total. The van der Waals surface area contributed by atoms with Crippen molar-refractivity contribution < 1.29 is 27.4 Å². The van der Waals surface area contributed by atoms with Crippen LogP contribution in [0, 0.1) is 0 Å². The molecule has 2 rings (SSSR count). The van der Waals surface area contributed by atoms with Crippen molar-refractivity contribution in [2.45, 2.75) is 13.1 Å². The minimum Gasteiger partial charge on any atom is -0.497 e. The lowest BCUT2D eigenvalue weighted by molar-refractivity contribution is -0.136. The van der Waals surface area contributed by atoms with Gasteiger partial charge >= 0.3 is 12.1 Å². The number of H-pyrrole nitrogens is 1. The fourth-order valence-electron chi connectivity index (χ4n) is 1.88. The van der Waals surface area contributed by atoms with Crippen LogP contribution in [0.5, 0.6) is 5.75 Å². The molecule has 0 fully saturated rings. The predicted octanol–water partition coefficient (Wildman–Crippen LogP) is 3.37. The minimum atomic E-state index is -4.54. The van der Waals surface area contributed by atoms with E-state index in [2.05, 4.69) is 4.98 Å². The first-order valence-corrected chi connectivity index (χ1v) is 5.82. The third-order valence-electron chi connectivity index (χ3n) is 2.75. The molecule has 0 aliphatic carbocycles. The van der Waals surface area contributed by atoms with Crippen LogP contribution in [0.25, 0.3) is 10.9 Å². The second-order valence-electron chi connectivity index (χ2n) is 4.04. The molecule has 0 aliphatic rings. The van der Waals surface area contributed by atoms with E-state index < -0.39 is 17.7 Å². The summed E-state index contributed by atoms with van der Waals surface area (Å²) in [7, 11) is 1.27. The largest absolute Gasteiger partial charge is 0.497 e. The number of methoxy groups -OCH3 is 1. The van der Waals surface area contributed by atoms with E-state index in [-0.39, 0.29) is 29.0 Å². The van der Waals surface area contributed by atoms with Crippen LogP contribution in [-0.2, 0) is 10.9 Å². The first-order chi connectivity index (χ1) is 9.36. The molecule has 0 bridgehead atoms. The Hall–Kier alpha value is -2.18. The summed E-state index contributed by atoms with van der Waals surface area (Å²) in [5.74, 6) is -0.641. The van der Waals surface area contributed by atoms with Gasteiger partial charge < -0.3 is 14.5 Å². The van der Waals surface area contributed by atoms with E-state index in [1.807, 2.05) is 0 Å². The number of esters is 1. The van der Waals surface area contributed by atoms with Crippen molar-refractivity contribution in [2.24, 2.45) is 0 Å². The number of ether oxygens (including phenoxy) is 2. The quantitative estimate of drug-likeness (QED) is 0.880. The van der Waals surface area contributed by atoms with Crippen molar-refractivity contribution in [3.63, 3.8) is 0 Å². The number of halogens is 3. The highest BCUT2D eigenvalue weighted by molar-refractivity contribution is 5.96. The van der Waals surface area contributed by atoms with Crippen LogP contribution in [-0.4, -0.2) is 24.7 Å². The zero-order chi connectivity index (χ0) is 14.9. The van der Waals surface area contributed by atoms with Gasteiger partial charge in [0.05, 0.1) is 24.8 Å². The summed E-state index contributed by atoms with van der Waals surface area (Å²) in [6.07, 6.45) is -4.54. The Balaban J connectivity index is 2.63. The number of hydrogen-bond acceptors (Lipinski definition) is 3. The van der Waals surface area contributed by atoms with Gasteiger partial charge in [0, 0.05) is 11.5 Å². The van der Waals surface area contributed by atoms with Crippen molar-refractivity contribution in [1.82, 2.24) is 4.98 Å². The van der Waals surface area contributed by atoms with Gasteiger partial charge in [-0.25, -0.2) is 4.79 Å². The first-order valence-electron chi connectivity index (χ1n) is 5.82. The van der Waals surface area contributed by atoms with Crippen LogP contribution < -0.4 is 4.74 Å². The number of alkyl halides is 3. The molecule has 0 radical (unpaired) electrons. The molecule has 0 saturated heterocycles. The summed E-state index contributed by atoms with van der Waals surface area (Å²) in [5.41, 5.74) is -0.723. The number of rotatable bonds is 3. The number of hydrogen-bond donors (Lipinski definition) is 1. The third-order valence-corrected chi connectivity index (χ3v) is 2.75. The number of carbonyl (C=O) groups excluding carboxylic acids is 1. The molecular weight excluding hydrogens is 275 g/mol. The highest BCUT2D eigenvalue weighted by Crippen LogP contribution is 2.37. The lowest BCUT2D eigenvalue weighted by Crippen LogP contribution is -2.05. The van der Waals surface area contributed by atoms with E-state index in [0.717, 1.165) is 12.1 Å². The number of benzene rings is 1. The van der Waals surface area contributed by atoms with Crippen LogP contribution in [0.2, 0.25) is 0 Å². The Morgan fingerprint density at radius 2 is 2.00 bits per heavy atom. The first kappa shape index (κ1) is 14.2. The minimum absolute atomic E-state index is 0.0272. The van der Waals surface area contributed by atoms with Gasteiger partial charge in [-0.05, 0) is 19.1 Å². The molecular formula is C13H12F3NO3. The Morgan fingerprint density at radius 1 is 1.30 bits per heavy atom. The number of carbonyl (C=O) groups is 1. The molecule has 1 N–H and O–H groups in total. The van der Waals surface area contributed by atoms with E-state index >= 15 is 0 Å². The lowest BCUT2D eigenvalue weighted by atomic mass is 10.1. The second kappa shape index (κ2) is 5.07. The molecule has 1 aromatic carbocycles. The van der Waals surface area contributed by atoms with E-state index in [1.54, 1.807) is 6.92 Å². The summed E-state index contributed by atoms with van der Waals surface area (Å²) in [4.78, 5) is 14.2. The molecule has 0 aliphatic heterocycles. The monoisotopic (exact) mass is 287 g/mol. The van der Waals surface area contributed by atoms with Crippen LogP contribution in [0.3, 0.4) is 0 Å². The predicted molar refractivity (Wildman–Crippen MR) is 65.8 cm³/mol. The van der Waals surface area contributed by atoms with Crippen molar-refractivity contribution in [2.75, 3.05) is 13.7 Å². The van der Waals surface area contributed by atoms with Gasteiger partial charge in [0.1, 0.15) is 11.4 Å². The molecule has 0 spiro atoms. The zero-order valence-electron chi connectivity index (χ0n) is 10.8. The molecule has 20 heavy (non-hydrogen) atoms. The average molecular weight is 287 g/mol. The van der Waals surface area contributed by atoms with Gasteiger partial charge in [0.15, 0.2) is 0 Å². The summed E-state index contributed by atoms with van der Waals surface area (Å²) in [5, 5.41) is -0.0960. The van der Waals surface area contributed by atoms with E-state index in [4.69, 9.17) is 9.47 Å². The number of aromatic amines is 1. The zero-order valence-corrected chi connectivity index (χ0v) is 10.8. The molecule has 0 amide bonds. The van der Waals surface area contributed by atoms with Crippen molar-refractivity contribution in [3.05, 3.63) is 29.5 Å². The van der Waals surface area contributed by atoms with E-state index in [0.29, 0.717) is 0 Å². The van der Waals surface area contributed by atoms with Crippen molar-refractivity contribution >= 4 is 16.9 Å². The Morgan fingerprint density at radius 3 is 2.55 bits per heavy atom. The Kier molecular flexibility index (Phi) is 3.61. The molecule has 7 heteroatoms. The van der Waals surface area contributed by atoms with Gasteiger partial charge in [-0.1, -0.05) is 0 Å². The molecule has 0 saturated carbocycles. The van der Waals surface area contributed by atoms with Crippen LogP contribution in [0.15, 0.2) is 18.2 Å². The fraction of sp³-hybridized carbons (Fsp3) is 0.308. The maximum Gasteiger partial charge on any atom is 0.417 e. The van der Waals surface area contributed by atoms with Gasteiger partial charge in [-0.15, -0.1) is 0 Å². The van der Waals surface area contributed by atoms with Gasteiger partial charge in [0.25, 0.3) is 0 Å². The second-order valence-corrected chi connectivity index (χ2v) is 4.04. The highest BCUT2D eigenvalue weighted by atomic mass is 19.4. The molecule has 0 atom stereocenters. The van der Waals surface area contributed by atoms with E-state index in [9.17, 15) is 18.0 Å². The average Bonchev–Trinajstić information content (AvgIpc) is 2.80. The molecule has 1 aromatic heterocycles. The molecule has 1 heterocycles.